The molecule has 3 rings (SSSR count). The minimum Gasteiger partial charge on any atom is -0.492 e. The van der Waals surface area contributed by atoms with Crippen LogP contribution in [0.15, 0.2) is 43.0 Å². The first kappa shape index (κ1) is 16.0. The van der Waals surface area contributed by atoms with E-state index in [1.807, 2.05) is 10.8 Å². The van der Waals surface area contributed by atoms with Gasteiger partial charge in [-0.15, -0.1) is 0 Å². The van der Waals surface area contributed by atoms with E-state index in [2.05, 4.69) is 34.1 Å². The van der Waals surface area contributed by atoms with Crippen molar-refractivity contribution < 1.29 is 4.74 Å². The van der Waals surface area contributed by atoms with Gasteiger partial charge in [-0.2, -0.15) is 0 Å². The molecule has 0 amide bonds. The Labute approximate surface area is 138 Å². The van der Waals surface area contributed by atoms with Gasteiger partial charge in [0.15, 0.2) is 0 Å². The van der Waals surface area contributed by atoms with Crippen molar-refractivity contribution in [2.75, 3.05) is 19.7 Å². The Morgan fingerprint density at radius 1 is 1.17 bits per heavy atom. The maximum absolute atomic E-state index is 6.04. The summed E-state index contributed by atoms with van der Waals surface area (Å²) in [5.74, 6) is 0.923. The van der Waals surface area contributed by atoms with Crippen molar-refractivity contribution in [3.05, 3.63) is 48.5 Å². The van der Waals surface area contributed by atoms with E-state index in [0.717, 1.165) is 44.8 Å². The first-order chi connectivity index (χ1) is 11.3. The van der Waals surface area contributed by atoms with Gasteiger partial charge >= 0.3 is 0 Å². The Bertz CT molecular complexity index is 567. The zero-order valence-electron chi connectivity index (χ0n) is 13.6. The highest BCUT2D eigenvalue weighted by Crippen LogP contribution is 2.16. The van der Waals surface area contributed by atoms with E-state index in [1.165, 1.54) is 12.0 Å². The van der Waals surface area contributed by atoms with Crippen LogP contribution in [0, 0.1) is 0 Å². The molecule has 1 aliphatic rings. The summed E-state index contributed by atoms with van der Waals surface area (Å²) in [5, 5.41) is 0. The lowest BCUT2D eigenvalue weighted by molar-refractivity contribution is 0.275. The number of nitrogens with two attached hydrogens (primary N) is 1. The lowest BCUT2D eigenvalue weighted by Crippen LogP contribution is -2.26. The molecular formula is C18H26N4O. The highest BCUT2D eigenvalue weighted by molar-refractivity contribution is 5.27. The number of imidazole rings is 1. The van der Waals surface area contributed by atoms with E-state index in [0.29, 0.717) is 12.6 Å². The highest BCUT2D eigenvalue weighted by atomic mass is 16.5. The van der Waals surface area contributed by atoms with E-state index in [-0.39, 0.29) is 0 Å². The number of aromatic nitrogens is 2. The molecule has 0 aliphatic carbocycles. The maximum atomic E-state index is 6.04. The number of hydrogen-bond acceptors (Lipinski definition) is 4. The van der Waals surface area contributed by atoms with E-state index < -0.39 is 0 Å². The van der Waals surface area contributed by atoms with Crippen LogP contribution in [0.25, 0.3) is 0 Å². The average Bonchev–Trinajstić information content (AvgIpc) is 2.99. The smallest absolute Gasteiger partial charge is 0.119 e. The second-order valence-electron chi connectivity index (χ2n) is 6.26. The molecule has 23 heavy (non-hydrogen) atoms. The summed E-state index contributed by atoms with van der Waals surface area (Å²) in [6, 6.07) is 8.83. The monoisotopic (exact) mass is 314 g/mol. The van der Waals surface area contributed by atoms with Crippen molar-refractivity contribution in [1.82, 2.24) is 14.5 Å². The van der Waals surface area contributed by atoms with E-state index in [9.17, 15) is 0 Å². The fourth-order valence-corrected chi connectivity index (χ4v) is 2.98. The molecule has 0 spiro atoms. The van der Waals surface area contributed by atoms with Crippen molar-refractivity contribution in [2.45, 2.75) is 38.4 Å². The summed E-state index contributed by atoms with van der Waals surface area (Å²) in [4.78, 5) is 6.52. The Morgan fingerprint density at radius 3 is 2.83 bits per heavy atom. The summed E-state index contributed by atoms with van der Waals surface area (Å²) in [6.45, 7) is 4.72. The molecule has 124 valence electrons. The van der Waals surface area contributed by atoms with Crippen molar-refractivity contribution in [3.8, 4) is 5.75 Å². The predicted molar refractivity (Wildman–Crippen MR) is 91.3 cm³/mol. The number of benzene rings is 1. The van der Waals surface area contributed by atoms with E-state index in [1.54, 1.807) is 12.5 Å². The van der Waals surface area contributed by atoms with Gasteiger partial charge in [0.2, 0.25) is 0 Å². The minimum atomic E-state index is 0.381. The van der Waals surface area contributed by atoms with Crippen LogP contribution >= 0.6 is 0 Å². The highest BCUT2D eigenvalue weighted by Gasteiger charge is 2.13. The molecule has 2 N–H and O–H groups in total. The molecule has 1 aliphatic heterocycles. The van der Waals surface area contributed by atoms with Gasteiger partial charge < -0.3 is 15.0 Å². The molecule has 2 aromatic rings. The summed E-state index contributed by atoms with van der Waals surface area (Å²) >= 11 is 0. The summed E-state index contributed by atoms with van der Waals surface area (Å²) in [7, 11) is 0. The van der Waals surface area contributed by atoms with Crippen LogP contribution in [0.5, 0.6) is 5.75 Å². The summed E-state index contributed by atoms with van der Waals surface area (Å²) in [5.41, 5.74) is 7.38. The second kappa shape index (κ2) is 8.13. The van der Waals surface area contributed by atoms with Gasteiger partial charge in [0, 0.05) is 25.0 Å². The van der Waals surface area contributed by atoms with Crippen LogP contribution in [0.4, 0.5) is 0 Å². The number of nitrogens with zero attached hydrogens (tertiary/aromatic N) is 3. The molecule has 1 aromatic heterocycles. The Kier molecular flexibility index (Phi) is 5.66. The molecule has 0 radical (unpaired) electrons. The van der Waals surface area contributed by atoms with Gasteiger partial charge in [0.05, 0.1) is 12.9 Å². The normalized spacial score (nSPS) is 19.4. The lowest BCUT2D eigenvalue weighted by atomic mass is 10.1. The Morgan fingerprint density at radius 2 is 2.04 bits per heavy atom. The minimum absolute atomic E-state index is 0.381. The van der Waals surface area contributed by atoms with Gasteiger partial charge in [-0.05, 0) is 50.0 Å². The SMILES string of the molecule is N[C@H]1CCCN(Cc2ccc(OCCn3ccnc3)cc2)CC1. The zero-order chi connectivity index (χ0) is 15.9. The van der Waals surface area contributed by atoms with Crippen LogP contribution in [0.1, 0.15) is 24.8 Å². The van der Waals surface area contributed by atoms with Gasteiger partial charge in [-0.1, -0.05) is 12.1 Å². The third-order valence-electron chi connectivity index (χ3n) is 4.37. The molecule has 1 aromatic carbocycles. The van der Waals surface area contributed by atoms with Crippen molar-refractivity contribution in [1.29, 1.82) is 0 Å². The standard InChI is InChI=1S/C18H26N4O/c19-17-2-1-9-21(10-7-17)14-16-3-5-18(6-4-16)23-13-12-22-11-8-20-15-22/h3-6,8,11,15,17H,1-2,7,9-10,12-14,19H2/t17-/m0/s1. The fraction of sp³-hybridized carbons (Fsp3) is 0.500. The Hall–Kier alpha value is -1.85. The largest absolute Gasteiger partial charge is 0.492 e. The average molecular weight is 314 g/mol. The molecule has 1 atom stereocenters. The van der Waals surface area contributed by atoms with Crippen LogP contribution < -0.4 is 10.5 Å². The third kappa shape index (κ3) is 5.08. The fourth-order valence-electron chi connectivity index (χ4n) is 2.98. The number of ether oxygens (including phenoxy) is 1. The molecule has 1 saturated heterocycles. The third-order valence-corrected chi connectivity index (χ3v) is 4.37. The molecule has 0 saturated carbocycles. The Balaban J connectivity index is 1.45. The second-order valence-corrected chi connectivity index (χ2v) is 6.26. The summed E-state index contributed by atoms with van der Waals surface area (Å²) < 4.78 is 7.79. The molecule has 0 bridgehead atoms. The molecule has 2 heterocycles. The van der Waals surface area contributed by atoms with Gasteiger partial charge in [-0.25, -0.2) is 4.98 Å². The molecule has 5 heteroatoms. The number of likely N-dealkylation sites (tertiary alicyclic amines) is 1. The molecular weight excluding hydrogens is 288 g/mol. The van der Waals surface area contributed by atoms with Gasteiger partial charge in [0.1, 0.15) is 12.4 Å². The number of rotatable bonds is 6. The van der Waals surface area contributed by atoms with Crippen molar-refractivity contribution in [2.24, 2.45) is 5.73 Å². The topological polar surface area (TPSA) is 56.3 Å². The summed E-state index contributed by atoms with van der Waals surface area (Å²) in [6.07, 6.45) is 9.00. The predicted octanol–water partition coefficient (Wildman–Crippen LogP) is 2.28. The van der Waals surface area contributed by atoms with Gasteiger partial charge in [-0.3, -0.25) is 4.90 Å². The van der Waals surface area contributed by atoms with Crippen LogP contribution in [-0.2, 0) is 13.1 Å². The van der Waals surface area contributed by atoms with Gasteiger partial charge in [0.25, 0.3) is 0 Å². The van der Waals surface area contributed by atoms with E-state index in [4.69, 9.17) is 10.5 Å². The maximum Gasteiger partial charge on any atom is 0.119 e. The van der Waals surface area contributed by atoms with Crippen LogP contribution in [0.3, 0.4) is 0 Å². The number of hydrogen-bond donors (Lipinski definition) is 1. The van der Waals surface area contributed by atoms with Crippen LogP contribution in [0.2, 0.25) is 0 Å². The van der Waals surface area contributed by atoms with Crippen molar-refractivity contribution >= 4 is 0 Å². The van der Waals surface area contributed by atoms with Crippen molar-refractivity contribution in [3.63, 3.8) is 0 Å². The first-order valence-corrected chi connectivity index (χ1v) is 8.45. The molecule has 1 fully saturated rings. The lowest BCUT2D eigenvalue weighted by Gasteiger charge is -2.20. The van der Waals surface area contributed by atoms with Crippen LogP contribution in [-0.4, -0.2) is 40.2 Å². The van der Waals surface area contributed by atoms with E-state index >= 15 is 0 Å². The zero-order valence-corrected chi connectivity index (χ0v) is 13.6. The molecule has 5 nitrogen and oxygen atoms in total. The molecule has 0 unspecified atom stereocenters. The quantitative estimate of drug-likeness (QED) is 0.889. The first-order valence-electron chi connectivity index (χ1n) is 8.45.